The third-order valence-corrected chi connectivity index (χ3v) is 2.77. The number of pyridine rings is 1. The van der Waals surface area contributed by atoms with Crippen LogP contribution < -0.4 is 9.64 Å². The molecule has 1 aromatic carbocycles. The van der Waals surface area contributed by atoms with Crippen LogP contribution in [0.4, 0.5) is 5.69 Å². The number of aryl methyl sites for hydroxylation is 1. The Morgan fingerprint density at radius 1 is 1.19 bits per heavy atom. The molecular formula is C13H16N2O. The zero-order chi connectivity index (χ0) is 11.7. The highest BCUT2D eigenvalue weighted by molar-refractivity contribution is 5.92. The van der Waals surface area contributed by atoms with Gasteiger partial charge in [-0.25, -0.2) is 0 Å². The van der Waals surface area contributed by atoms with Gasteiger partial charge in [0, 0.05) is 36.2 Å². The summed E-state index contributed by atoms with van der Waals surface area (Å²) in [6.45, 7) is 2.01. The third kappa shape index (κ3) is 1.69. The fraction of sp³-hybridized carbons (Fsp3) is 0.308. The molecule has 0 spiro atoms. The van der Waals surface area contributed by atoms with E-state index in [2.05, 4.69) is 28.1 Å². The van der Waals surface area contributed by atoms with Crippen LogP contribution in [0.3, 0.4) is 0 Å². The summed E-state index contributed by atoms with van der Waals surface area (Å²) in [6.07, 6.45) is 1.77. The Bertz CT molecular complexity index is 521. The number of anilines is 1. The molecule has 0 amide bonds. The van der Waals surface area contributed by atoms with Gasteiger partial charge in [0.05, 0.1) is 13.3 Å². The number of aromatic nitrogens is 1. The predicted octanol–water partition coefficient (Wildman–Crippen LogP) is 2.62. The van der Waals surface area contributed by atoms with Crippen molar-refractivity contribution >= 4 is 16.5 Å². The number of fused-ring (bicyclic) bond motifs is 1. The Kier molecular flexibility index (Phi) is 2.69. The summed E-state index contributed by atoms with van der Waals surface area (Å²) < 4.78 is 5.34. The lowest BCUT2D eigenvalue weighted by molar-refractivity contribution is 0.418. The average molecular weight is 216 g/mol. The van der Waals surface area contributed by atoms with Gasteiger partial charge in [-0.2, -0.15) is 0 Å². The van der Waals surface area contributed by atoms with E-state index in [1.165, 1.54) is 0 Å². The number of hydrogen-bond donors (Lipinski definition) is 0. The molecule has 1 aromatic heterocycles. The summed E-state index contributed by atoms with van der Waals surface area (Å²) in [4.78, 5) is 6.39. The maximum atomic E-state index is 5.34. The number of benzene rings is 1. The standard InChI is InChI=1S/C13H16N2O/c1-9-11-6-5-10(15(2)3)7-12(11)13(16-4)8-14-9/h5-8H,1-4H3. The zero-order valence-corrected chi connectivity index (χ0v) is 10.1. The van der Waals surface area contributed by atoms with Gasteiger partial charge in [-0.1, -0.05) is 6.07 Å². The van der Waals surface area contributed by atoms with Crippen LogP contribution in [-0.4, -0.2) is 26.2 Å². The molecule has 3 heteroatoms. The van der Waals surface area contributed by atoms with E-state index < -0.39 is 0 Å². The van der Waals surface area contributed by atoms with E-state index in [-0.39, 0.29) is 0 Å². The van der Waals surface area contributed by atoms with E-state index >= 15 is 0 Å². The van der Waals surface area contributed by atoms with Gasteiger partial charge in [0.25, 0.3) is 0 Å². The lowest BCUT2D eigenvalue weighted by Gasteiger charge is -2.14. The third-order valence-electron chi connectivity index (χ3n) is 2.77. The van der Waals surface area contributed by atoms with Crippen LogP contribution in [0.2, 0.25) is 0 Å². The Hall–Kier alpha value is -1.77. The molecule has 16 heavy (non-hydrogen) atoms. The second kappa shape index (κ2) is 4.00. The smallest absolute Gasteiger partial charge is 0.145 e. The predicted molar refractivity (Wildman–Crippen MR) is 67.4 cm³/mol. The van der Waals surface area contributed by atoms with Gasteiger partial charge < -0.3 is 9.64 Å². The molecule has 0 aliphatic heterocycles. The molecular weight excluding hydrogens is 200 g/mol. The summed E-state index contributed by atoms with van der Waals surface area (Å²) in [5.41, 5.74) is 2.19. The quantitative estimate of drug-likeness (QED) is 0.771. The minimum absolute atomic E-state index is 0.823. The maximum absolute atomic E-state index is 5.34. The summed E-state index contributed by atoms with van der Waals surface area (Å²) >= 11 is 0. The minimum atomic E-state index is 0.823. The highest BCUT2D eigenvalue weighted by atomic mass is 16.5. The SMILES string of the molecule is COc1cnc(C)c2ccc(N(C)C)cc12. The lowest BCUT2D eigenvalue weighted by atomic mass is 10.1. The highest BCUT2D eigenvalue weighted by Crippen LogP contribution is 2.29. The van der Waals surface area contributed by atoms with Crippen molar-refractivity contribution in [2.24, 2.45) is 0 Å². The molecule has 0 saturated heterocycles. The molecule has 0 saturated carbocycles. The molecule has 1 heterocycles. The molecule has 0 aliphatic carbocycles. The summed E-state index contributed by atoms with van der Waals surface area (Å²) in [5, 5.41) is 2.26. The van der Waals surface area contributed by atoms with Crippen molar-refractivity contribution in [1.82, 2.24) is 4.98 Å². The van der Waals surface area contributed by atoms with E-state index in [1.807, 2.05) is 21.0 Å². The monoisotopic (exact) mass is 216 g/mol. The topological polar surface area (TPSA) is 25.4 Å². The number of ether oxygens (including phenoxy) is 1. The van der Waals surface area contributed by atoms with Gasteiger partial charge in [-0.05, 0) is 19.1 Å². The van der Waals surface area contributed by atoms with Gasteiger partial charge in [-0.15, -0.1) is 0 Å². The van der Waals surface area contributed by atoms with Crippen LogP contribution in [0.15, 0.2) is 24.4 Å². The molecule has 2 aromatic rings. The average Bonchev–Trinajstić information content (AvgIpc) is 2.29. The molecule has 0 unspecified atom stereocenters. The van der Waals surface area contributed by atoms with E-state index in [9.17, 15) is 0 Å². The summed E-state index contributed by atoms with van der Waals surface area (Å²) in [5.74, 6) is 0.823. The first kappa shape index (κ1) is 10.7. The highest BCUT2D eigenvalue weighted by Gasteiger charge is 2.06. The van der Waals surface area contributed by atoms with Crippen molar-refractivity contribution in [2.75, 3.05) is 26.1 Å². The van der Waals surface area contributed by atoms with E-state index in [0.717, 1.165) is 27.9 Å². The first-order valence-electron chi connectivity index (χ1n) is 5.24. The van der Waals surface area contributed by atoms with Gasteiger partial charge in [0.2, 0.25) is 0 Å². The molecule has 0 N–H and O–H groups in total. The van der Waals surface area contributed by atoms with Crippen LogP contribution >= 0.6 is 0 Å². The first-order chi connectivity index (χ1) is 7.63. The second-order valence-corrected chi connectivity index (χ2v) is 4.04. The van der Waals surface area contributed by atoms with Crippen molar-refractivity contribution in [3.05, 3.63) is 30.1 Å². The van der Waals surface area contributed by atoms with Gasteiger partial charge in [-0.3, -0.25) is 4.98 Å². The number of nitrogens with zero attached hydrogens (tertiary/aromatic N) is 2. The van der Waals surface area contributed by atoms with Crippen LogP contribution in [0.5, 0.6) is 5.75 Å². The Morgan fingerprint density at radius 3 is 2.56 bits per heavy atom. The normalized spacial score (nSPS) is 10.5. The molecule has 0 bridgehead atoms. The fourth-order valence-electron chi connectivity index (χ4n) is 1.79. The summed E-state index contributed by atoms with van der Waals surface area (Å²) in [7, 11) is 5.73. The largest absolute Gasteiger partial charge is 0.494 e. The molecule has 0 atom stereocenters. The summed E-state index contributed by atoms with van der Waals surface area (Å²) in [6, 6.07) is 6.31. The van der Waals surface area contributed by atoms with E-state index in [4.69, 9.17) is 4.74 Å². The van der Waals surface area contributed by atoms with E-state index in [1.54, 1.807) is 13.3 Å². The first-order valence-corrected chi connectivity index (χ1v) is 5.24. The van der Waals surface area contributed by atoms with Gasteiger partial charge >= 0.3 is 0 Å². The van der Waals surface area contributed by atoms with Crippen molar-refractivity contribution < 1.29 is 4.74 Å². The molecule has 84 valence electrons. The maximum Gasteiger partial charge on any atom is 0.145 e. The van der Waals surface area contributed by atoms with Crippen LogP contribution in [0.25, 0.3) is 10.8 Å². The number of methoxy groups -OCH3 is 1. The fourth-order valence-corrected chi connectivity index (χ4v) is 1.79. The van der Waals surface area contributed by atoms with Crippen molar-refractivity contribution in [2.45, 2.75) is 6.92 Å². The van der Waals surface area contributed by atoms with Gasteiger partial charge in [0.15, 0.2) is 0 Å². The second-order valence-electron chi connectivity index (χ2n) is 4.04. The molecule has 2 rings (SSSR count). The number of hydrogen-bond acceptors (Lipinski definition) is 3. The Morgan fingerprint density at radius 2 is 1.94 bits per heavy atom. The van der Waals surface area contributed by atoms with E-state index in [0.29, 0.717) is 0 Å². The van der Waals surface area contributed by atoms with Gasteiger partial charge in [0.1, 0.15) is 5.75 Å². The lowest BCUT2D eigenvalue weighted by Crippen LogP contribution is -2.08. The Labute approximate surface area is 95.7 Å². The molecule has 3 nitrogen and oxygen atoms in total. The molecule has 0 aliphatic rings. The molecule has 0 fully saturated rings. The Balaban J connectivity index is 2.74. The van der Waals surface area contributed by atoms with Crippen molar-refractivity contribution in [3.63, 3.8) is 0 Å². The van der Waals surface area contributed by atoms with Crippen LogP contribution in [-0.2, 0) is 0 Å². The molecule has 0 radical (unpaired) electrons. The zero-order valence-electron chi connectivity index (χ0n) is 10.1. The van der Waals surface area contributed by atoms with Crippen molar-refractivity contribution in [3.8, 4) is 5.75 Å². The van der Waals surface area contributed by atoms with Crippen molar-refractivity contribution in [1.29, 1.82) is 0 Å². The van der Waals surface area contributed by atoms with Crippen LogP contribution in [0, 0.1) is 6.92 Å². The minimum Gasteiger partial charge on any atom is -0.494 e. The number of rotatable bonds is 2. The van der Waals surface area contributed by atoms with Crippen LogP contribution in [0.1, 0.15) is 5.69 Å².